The van der Waals surface area contributed by atoms with E-state index < -0.39 is 5.82 Å². The number of nitrogens with zero attached hydrogens (tertiary/aromatic N) is 2. The van der Waals surface area contributed by atoms with E-state index in [1.807, 2.05) is 14.1 Å². The molecule has 1 aromatic rings. The summed E-state index contributed by atoms with van der Waals surface area (Å²) in [6.45, 7) is 1.53. The Labute approximate surface area is 121 Å². The van der Waals surface area contributed by atoms with Crippen LogP contribution in [0, 0.1) is 5.82 Å². The van der Waals surface area contributed by atoms with Crippen LogP contribution in [0.4, 0.5) is 4.39 Å². The van der Waals surface area contributed by atoms with E-state index in [9.17, 15) is 9.18 Å². The van der Waals surface area contributed by atoms with Crippen LogP contribution in [0.1, 0.15) is 23.2 Å². The third kappa shape index (κ3) is 3.34. The van der Waals surface area contributed by atoms with E-state index in [1.54, 1.807) is 17.0 Å². The van der Waals surface area contributed by atoms with E-state index in [0.717, 1.165) is 23.9 Å². The largest absolute Gasteiger partial charge is 0.334 e. The second kappa shape index (κ2) is 6.01. The first-order valence-corrected chi connectivity index (χ1v) is 7.19. The van der Waals surface area contributed by atoms with Crippen LogP contribution in [0.2, 0.25) is 0 Å². The predicted molar refractivity (Wildman–Crippen MR) is 76.7 cm³/mol. The Morgan fingerprint density at radius 1 is 1.53 bits per heavy atom. The molecule has 1 aliphatic heterocycles. The molecule has 0 N–H and O–H groups in total. The van der Waals surface area contributed by atoms with Crippen molar-refractivity contribution >= 4 is 21.8 Å². The van der Waals surface area contributed by atoms with Gasteiger partial charge in [-0.2, -0.15) is 0 Å². The van der Waals surface area contributed by atoms with Gasteiger partial charge in [0.15, 0.2) is 0 Å². The number of likely N-dealkylation sites (tertiary alicyclic amines) is 1. The highest BCUT2D eigenvalue weighted by molar-refractivity contribution is 9.10. The molecule has 0 radical (unpaired) electrons. The smallest absolute Gasteiger partial charge is 0.257 e. The van der Waals surface area contributed by atoms with Gasteiger partial charge in [0, 0.05) is 23.6 Å². The lowest BCUT2D eigenvalue weighted by Gasteiger charge is -2.27. The summed E-state index contributed by atoms with van der Waals surface area (Å²) in [5.74, 6) is -0.660. The highest BCUT2D eigenvalue weighted by Gasteiger charge is 2.30. The van der Waals surface area contributed by atoms with Crippen molar-refractivity contribution in [3.63, 3.8) is 0 Å². The molecule has 1 heterocycles. The van der Waals surface area contributed by atoms with Gasteiger partial charge in [0.25, 0.3) is 5.91 Å². The molecule has 0 bridgehead atoms. The number of halogens is 2. The quantitative estimate of drug-likeness (QED) is 0.851. The van der Waals surface area contributed by atoms with Gasteiger partial charge >= 0.3 is 0 Å². The monoisotopic (exact) mass is 328 g/mol. The molecule has 1 saturated heterocycles. The zero-order chi connectivity index (χ0) is 14.0. The lowest BCUT2D eigenvalue weighted by Crippen LogP contribution is -2.41. The van der Waals surface area contributed by atoms with Crippen molar-refractivity contribution in [3.8, 4) is 0 Å². The molecule has 19 heavy (non-hydrogen) atoms. The Morgan fingerprint density at radius 3 is 2.95 bits per heavy atom. The van der Waals surface area contributed by atoms with E-state index in [2.05, 4.69) is 20.8 Å². The minimum Gasteiger partial charge on any atom is -0.334 e. The van der Waals surface area contributed by atoms with E-state index in [1.165, 1.54) is 6.07 Å². The molecule has 1 fully saturated rings. The molecular formula is C14H18BrFN2O. The predicted octanol–water partition coefficient (Wildman–Crippen LogP) is 2.75. The fourth-order valence-corrected chi connectivity index (χ4v) is 2.89. The van der Waals surface area contributed by atoms with Crippen LogP contribution >= 0.6 is 15.9 Å². The molecule has 104 valence electrons. The Balaban J connectivity index is 2.20. The average molecular weight is 329 g/mol. The van der Waals surface area contributed by atoms with E-state index >= 15 is 0 Å². The van der Waals surface area contributed by atoms with Crippen LogP contribution in [0.15, 0.2) is 22.7 Å². The maximum absolute atomic E-state index is 13.8. The molecule has 1 unspecified atom stereocenters. The third-order valence-corrected chi connectivity index (χ3v) is 3.87. The molecule has 1 aromatic carbocycles. The number of carbonyl (C=O) groups is 1. The maximum Gasteiger partial charge on any atom is 0.257 e. The van der Waals surface area contributed by atoms with Crippen LogP contribution in [0.5, 0.6) is 0 Å². The fourth-order valence-electron chi connectivity index (χ4n) is 2.53. The van der Waals surface area contributed by atoms with Crippen molar-refractivity contribution in [2.45, 2.75) is 18.9 Å². The highest BCUT2D eigenvalue weighted by atomic mass is 79.9. The van der Waals surface area contributed by atoms with Gasteiger partial charge in [-0.3, -0.25) is 4.79 Å². The molecule has 1 aliphatic rings. The summed E-state index contributed by atoms with van der Waals surface area (Å²) >= 11 is 3.28. The zero-order valence-electron chi connectivity index (χ0n) is 11.2. The van der Waals surface area contributed by atoms with Crippen LogP contribution in [0.25, 0.3) is 0 Å². The second-order valence-corrected chi connectivity index (χ2v) is 6.10. The molecule has 0 aliphatic carbocycles. The Bertz CT molecular complexity index is 479. The van der Waals surface area contributed by atoms with Gasteiger partial charge in [0.2, 0.25) is 0 Å². The molecule has 3 nitrogen and oxygen atoms in total. The van der Waals surface area contributed by atoms with Crippen molar-refractivity contribution < 1.29 is 9.18 Å². The highest BCUT2D eigenvalue weighted by Crippen LogP contribution is 2.23. The van der Waals surface area contributed by atoms with Crippen molar-refractivity contribution in [1.82, 2.24) is 9.80 Å². The van der Waals surface area contributed by atoms with Crippen LogP contribution < -0.4 is 0 Å². The number of amides is 1. The Morgan fingerprint density at radius 2 is 2.26 bits per heavy atom. The van der Waals surface area contributed by atoms with Gasteiger partial charge in [-0.05, 0) is 45.1 Å². The number of likely N-dealkylation sites (N-methyl/N-ethyl adjacent to an activating group) is 1. The molecule has 0 spiro atoms. The topological polar surface area (TPSA) is 23.6 Å². The summed E-state index contributed by atoms with van der Waals surface area (Å²) in [6, 6.07) is 4.67. The van der Waals surface area contributed by atoms with E-state index in [0.29, 0.717) is 6.54 Å². The van der Waals surface area contributed by atoms with Crippen molar-refractivity contribution in [1.29, 1.82) is 0 Å². The molecule has 2 rings (SSSR count). The summed E-state index contributed by atoms with van der Waals surface area (Å²) in [5.41, 5.74) is 0.153. The summed E-state index contributed by atoms with van der Waals surface area (Å²) in [5, 5.41) is 0. The molecule has 5 heteroatoms. The molecule has 0 aromatic heterocycles. The summed E-state index contributed by atoms with van der Waals surface area (Å²) in [7, 11) is 3.97. The average Bonchev–Trinajstić information content (AvgIpc) is 2.78. The van der Waals surface area contributed by atoms with Gasteiger partial charge in [-0.1, -0.05) is 15.9 Å². The number of carbonyl (C=O) groups excluding carboxylic acids is 1. The summed E-state index contributed by atoms with van der Waals surface area (Å²) in [6.07, 6.45) is 1.97. The fraction of sp³-hybridized carbons (Fsp3) is 0.500. The lowest BCUT2D eigenvalue weighted by atomic mass is 10.1. The second-order valence-electron chi connectivity index (χ2n) is 5.18. The number of hydrogen-bond acceptors (Lipinski definition) is 2. The number of rotatable bonds is 3. The Hall–Kier alpha value is -0.940. The van der Waals surface area contributed by atoms with Crippen LogP contribution in [0.3, 0.4) is 0 Å². The normalized spacial score (nSPS) is 19.2. The Kier molecular flexibility index (Phi) is 4.58. The van der Waals surface area contributed by atoms with Gasteiger partial charge in [-0.15, -0.1) is 0 Å². The van der Waals surface area contributed by atoms with Crippen LogP contribution in [-0.4, -0.2) is 48.9 Å². The summed E-state index contributed by atoms with van der Waals surface area (Å²) in [4.78, 5) is 16.3. The van der Waals surface area contributed by atoms with Gasteiger partial charge in [0.1, 0.15) is 5.82 Å². The van der Waals surface area contributed by atoms with Crippen LogP contribution in [-0.2, 0) is 0 Å². The first-order valence-electron chi connectivity index (χ1n) is 6.40. The molecule has 1 atom stereocenters. The lowest BCUT2D eigenvalue weighted by molar-refractivity contribution is 0.0711. The minimum atomic E-state index is -0.455. The SMILES string of the molecule is CN(C)CC1CCCN1C(=O)c1cc(Br)ccc1F. The van der Waals surface area contributed by atoms with Gasteiger partial charge < -0.3 is 9.80 Å². The van der Waals surface area contributed by atoms with E-state index in [-0.39, 0.29) is 17.5 Å². The number of hydrogen-bond donors (Lipinski definition) is 0. The van der Waals surface area contributed by atoms with Crippen molar-refractivity contribution in [2.24, 2.45) is 0 Å². The standard InChI is InChI=1S/C14H18BrFN2O/c1-17(2)9-11-4-3-7-18(11)14(19)12-8-10(15)5-6-13(12)16/h5-6,8,11H,3-4,7,9H2,1-2H3. The minimum absolute atomic E-state index is 0.153. The third-order valence-electron chi connectivity index (χ3n) is 3.37. The first kappa shape index (κ1) is 14.5. The summed E-state index contributed by atoms with van der Waals surface area (Å²) < 4.78 is 14.5. The van der Waals surface area contributed by atoms with Gasteiger partial charge in [0.05, 0.1) is 5.56 Å². The zero-order valence-corrected chi connectivity index (χ0v) is 12.8. The number of benzene rings is 1. The molecular weight excluding hydrogens is 311 g/mol. The first-order chi connectivity index (χ1) is 8.99. The maximum atomic E-state index is 13.8. The molecule has 1 amide bonds. The van der Waals surface area contributed by atoms with Crippen molar-refractivity contribution in [3.05, 3.63) is 34.1 Å². The van der Waals surface area contributed by atoms with Gasteiger partial charge in [-0.25, -0.2) is 4.39 Å². The molecule has 0 saturated carbocycles. The van der Waals surface area contributed by atoms with Crippen molar-refractivity contribution in [2.75, 3.05) is 27.2 Å². The van der Waals surface area contributed by atoms with E-state index in [4.69, 9.17) is 0 Å².